The molecule has 0 bridgehead atoms. The molecular formula is C9H6N2S. The van der Waals surface area contributed by atoms with E-state index in [1.807, 2.05) is 23.0 Å². The third-order valence-electron chi connectivity index (χ3n) is 1.70. The minimum atomic E-state index is 0.702. The number of hydrogen-bond donors (Lipinski definition) is 1. The highest BCUT2D eigenvalue weighted by molar-refractivity contribution is 7.08. The molecule has 1 N–H and O–H groups in total. The van der Waals surface area contributed by atoms with E-state index >= 15 is 0 Å². The summed E-state index contributed by atoms with van der Waals surface area (Å²) in [7, 11) is 0. The van der Waals surface area contributed by atoms with Crippen LogP contribution in [0.25, 0.3) is 11.1 Å². The first-order chi connectivity index (χ1) is 5.92. The van der Waals surface area contributed by atoms with Crippen LogP contribution in [0.3, 0.4) is 0 Å². The van der Waals surface area contributed by atoms with Crippen LogP contribution in [0.15, 0.2) is 29.2 Å². The molecule has 58 valence electrons. The van der Waals surface area contributed by atoms with Gasteiger partial charge in [0, 0.05) is 18.0 Å². The van der Waals surface area contributed by atoms with Gasteiger partial charge in [0.1, 0.15) is 6.07 Å². The van der Waals surface area contributed by atoms with Gasteiger partial charge in [-0.15, -0.1) is 0 Å². The van der Waals surface area contributed by atoms with Gasteiger partial charge in [-0.25, -0.2) is 0 Å². The van der Waals surface area contributed by atoms with Crippen LogP contribution in [0.5, 0.6) is 0 Å². The molecule has 3 heteroatoms. The van der Waals surface area contributed by atoms with Gasteiger partial charge in [-0.05, 0) is 22.4 Å². The van der Waals surface area contributed by atoms with Crippen molar-refractivity contribution < 1.29 is 0 Å². The van der Waals surface area contributed by atoms with Crippen molar-refractivity contribution in [1.82, 2.24) is 4.98 Å². The van der Waals surface area contributed by atoms with Gasteiger partial charge >= 0.3 is 0 Å². The largest absolute Gasteiger partial charge is 0.366 e. The van der Waals surface area contributed by atoms with Crippen molar-refractivity contribution in [2.45, 2.75) is 0 Å². The van der Waals surface area contributed by atoms with Crippen molar-refractivity contribution in [3.05, 3.63) is 34.8 Å². The highest BCUT2D eigenvalue weighted by Gasteiger charge is 2.04. The van der Waals surface area contributed by atoms with Gasteiger partial charge in [0.05, 0.1) is 5.56 Å². The maximum Gasteiger partial charge on any atom is 0.101 e. The summed E-state index contributed by atoms with van der Waals surface area (Å²) in [4.78, 5) is 2.92. The second-order valence-electron chi connectivity index (χ2n) is 2.41. The number of rotatable bonds is 1. The van der Waals surface area contributed by atoms with Crippen LogP contribution < -0.4 is 0 Å². The Labute approximate surface area is 74.1 Å². The Hall–Kier alpha value is -1.53. The van der Waals surface area contributed by atoms with E-state index in [1.165, 1.54) is 0 Å². The summed E-state index contributed by atoms with van der Waals surface area (Å²) in [5, 5.41) is 12.8. The fourth-order valence-corrected chi connectivity index (χ4v) is 1.77. The topological polar surface area (TPSA) is 39.6 Å². The molecule has 0 spiro atoms. The molecular weight excluding hydrogens is 168 g/mol. The first-order valence-corrected chi connectivity index (χ1v) is 4.45. The van der Waals surface area contributed by atoms with E-state index in [2.05, 4.69) is 11.1 Å². The van der Waals surface area contributed by atoms with E-state index in [-0.39, 0.29) is 0 Å². The molecule has 2 nitrogen and oxygen atoms in total. The molecule has 0 saturated heterocycles. The number of aromatic amines is 1. The number of nitrogens with one attached hydrogen (secondary N) is 1. The number of aromatic nitrogens is 1. The standard InChI is InChI=1S/C9H6N2S/c10-3-8-4-11-5-9(8)7-1-2-12-6-7/h1-2,4-6,11H. The van der Waals surface area contributed by atoms with Crippen molar-refractivity contribution in [3.8, 4) is 17.2 Å². The molecule has 2 heterocycles. The fourth-order valence-electron chi connectivity index (χ4n) is 1.11. The summed E-state index contributed by atoms with van der Waals surface area (Å²) in [5.74, 6) is 0. The molecule has 0 saturated carbocycles. The van der Waals surface area contributed by atoms with Crippen LogP contribution in [-0.4, -0.2) is 4.98 Å². The lowest BCUT2D eigenvalue weighted by Crippen LogP contribution is -1.72. The molecule has 2 rings (SSSR count). The number of hydrogen-bond acceptors (Lipinski definition) is 2. The van der Waals surface area contributed by atoms with Gasteiger partial charge in [0.2, 0.25) is 0 Å². The first-order valence-electron chi connectivity index (χ1n) is 3.51. The summed E-state index contributed by atoms with van der Waals surface area (Å²) < 4.78 is 0. The van der Waals surface area contributed by atoms with Crippen LogP contribution in [-0.2, 0) is 0 Å². The van der Waals surface area contributed by atoms with Gasteiger partial charge in [-0.3, -0.25) is 0 Å². The first kappa shape index (κ1) is 7.14. The lowest BCUT2D eigenvalue weighted by molar-refractivity contribution is 1.40. The van der Waals surface area contributed by atoms with Crippen LogP contribution in [0.1, 0.15) is 5.56 Å². The maximum absolute atomic E-state index is 8.74. The smallest absolute Gasteiger partial charge is 0.101 e. The highest BCUT2D eigenvalue weighted by atomic mass is 32.1. The SMILES string of the molecule is N#Cc1c[nH]cc1-c1ccsc1. The van der Waals surface area contributed by atoms with Crippen molar-refractivity contribution in [3.63, 3.8) is 0 Å². The van der Waals surface area contributed by atoms with Crippen LogP contribution in [0.4, 0.5) is 0 Å². The Morgan fingerprint density at radius 2 is 2.33 bits per heavy atom. The Morgan fingerprint density at radius 3 is 3.00 bits per heavy atom. The second-order valence-corrected chi connectivity index (χ2v) is 3.19. The van der Waals surface area contributed by atoms with Crippen LogP contribution in [0.2, 0.25) is 0 Å². The summed E-state index contributed by atoms with van der Waals surface area (Å²) in [6.07, 6.45) is 3.56. The van der Waals surface area contributed by atoms with E-state index in [0.29, 0.717) is 5.56 Å². The van der Waals surface area contributed by atoms with Gasteiger partial charge < -0.3 is 4.98 Å². The van der Waals surface area contributed by atoms with E-state index in [9.17, 15) is 0 Å². The lowest BCUT2D eigenvalue weighted by atomic mass is 10.1. The molecule has 2 aromatic heterocycles. The number of nitrogens with zero attached hydrogens (tertiary/aromatic N) is 1. The molecule has 0 fully saturated rings. The molecule has 0 amide bonds. The minimum Gasteiger partial charge on any atom is -0.366 e. The Morgan fingerprint density at radius 1 is 1.42 bits per heavy atom. The third kappa shape index (κ3) is 1.03. The van der Waals surface area contributed by atoms with Crippen LogP contribution in [0, 0.1) is 11.3 Å². The highest BCUT2D eigenvalue weighted by Crippen LogP contribution is 2.24. The lowest BCUT2D eigenvalue weighted by Gasteiger charge is -1.90. The zero-order valence-corrected chi connectivity index (χ0v) is 7.06. The van der Waals surface area contributed by atoms with Crippen molar-refractivity contribution in [2.75, 3.05) is 0 Å². The molecule has 0 unspecified atom stereocenters. The van der Waals surface area contributed by atoms with Crippen molar-refractivity contribution in [1.29, 1.82) is 5.26 Å². The Kier molecular flexibility index (Phi) is 1.69. The summed E-state index contributed by atoms with van der Waals surface area (Å²) >= 11 is 1.63. The van der Waals surface area contributed by atoms with Gasteiger partial charge in [-0.1, -0.05) is 0 Å². The number of H-pyrrole nitrogens is 1. The average molecular weight is 174 g/mol. The van der Waals surface area contributed by atoms with E-state index in [4.69, 9.17) is 5.26 Å². The van der Waals surface area contributed by atoms with Gasteiger partial charge in [0.15, 0.2) is 0 Å². The number of thiophene rings is 1. The predicted octanol–water partition coefficient (Wildman–Crippen LogP) is 2.61. The number of nitriles is 1. The molecule has 0 atom stereocenters. The monoisotopic (exact) mass is 174 g/mol. The summed E-state index contributed by atoms with van der Waals surface area (Å²) in [5.41, 5.74) is 2.80. The molecule has 0 radical (unpaired) electrons. The van der Waals surface area contributed by atoms with Gasteiger partial charge in [-0.2, -0.15) is 16.6 Å². The van der Waals surface area contributed by atoms with Crippen LogP contribution >= 0.6 is 11.3 Å². The van der Waals surface area contributed by atoms with Crippen molar-refractivity contribution in [2.24, 2.45) is 0 Å². The quantitative estimate of drug-likeness (QED) is 0.709. The average Bonchev–Trinajstić information content (AvgIpc) is 2.74. The normalized spacial score (nSPS) is 9.58. The summed E-state index contributed by atoms with van der Waals surface area (Å²) in [6.45, 7) is 0. The van der Waals surface area contributed by atoms with Crippen molar-refractivity contribution >= 4 is 11.3 Å². The molecule has 0 aliphatic heterocycles. The second kappa shape index (κ2) is 2.84. The zero-order valence-electron chi connectivity index (χ0n) is 6.24. The zero-order chi connectivity index (χ0) is 8.39. The van der Waals surface area contributed by atoms with E-state index in [1.54, 1.807) is 17.5 Å². The molecule has 0 aromatic carbocycles. The minimum absolute atomic E-state index is 0.702. The summed E-state index contributed by atoms with van der Waals surface area (Å²) in [6, 6.07) is 4.15. The Balaban J connectivity index is 2.55. The third-order valence-corrected chi connectivity index (χ3v) is 2.38. The molecule has 0 aliphatic carbocycles. The van der Waals surface area contributed by atoms with E-state index < -0.39 is 0 Å². The fraction of sp³-hybridized carbons (Fsp3) is 0. The molecule has 12 heavy (non-hydrogen) atoms. The maximum atomic E-state index is 8.74. The van der Waals surface area contributed by atoms with E-state index in [0.717, 1.165) is 11.1 Å². The Bertz CT molecular complexity index is 406. The molecule has 0 aliphatic rings. The molecule has 2 aromatic rings. The van der Waals surface area contributed by atoms with Gasteiger partial charge in [0.25, 0.3) is 0 Å². The predicted molar refractivity (Wildman–Crippen MR) is 48.8 cm³/mol.